The van der Waals surface area contributed by atoms with E-state index in [0.717, 1.165) is 46.7 Å². The zero-order chi connectivity index (χ0) is 39.2. The largest absolute Gasteiger partial charge is 0.312 e. The Bertz CT molecular complexity index is 2770. The van der Waals surface area contributed by atoms with Crippen LogP contribution in [0.15, 0.2) is 211 Å². The van der Waals surface area contributed by atoms with Crippen LogP contribution in [0.2, 0.25) is 0 Å². The maximum absolute atomic E-state index is 5.20. The minimum absolute atomic E-state index is 0.737. The predicted octanol–water partition coefficient (Wildman–Crippen LogP) is 15.5. The molecule has 1 aliphatic carbocycles. The van der Waals surface area contributed by atoms with Gasteiger partial charge in [0, 0.05) is 26.9 Å². The molecule has 0 saturated carbocycles. The first-order valence-corrected chi connectivity index (χ1v) is 20.1. The first-order chi connectivity index (χ1) is 27.4. The van der Waals surface area contributed by atoms with Crippen molar-refractivity contribution < 1.29 is 0 Å². The van der Waals surface area contributed by atoms with Crippen LogP contribution in [-0.4, -0.2) is 5.71 Å². The summed E-state index contributed by atoms with van der Waals surface area (Å²) in [7, 11) is 0. The first-order valence-electron chi connectivity index (χ1n) is 19.3. The van der Waals surface area contributed by atoms with E-state index < -0.39 is 0 Å². The summed E-state index contributed by atoms with van der Waals surface area (Å²) in [5.74, 6) is 0. The van der Waals surface area contributed by atoms with Crippen LogP contribution in [0.4, 0.5) is 5.69 Å². The van der Waals surface area contributed by atoms with Gasteiger partial charge in [-0.25, -0.2) is 4.99 Å². The van der Waals surface area contributed by atoms with Gasteiger partial charge in [0.05, 0.1) is 21.8 Å². The van der Waals surface area contributed by atoms with E-state index >= 15 is 0 Å². The predicted molar refractivity (Wildman–Crippen MR) is 250 cm³/mol. The highest BCUT2D eigenvalue weighted by Gasteiger charge is 2.26. The van der Waals surface area contributed by atoms with E-state index in [0.29, 0.717) is 0 Å². The number of benzene rings is 5. The summed E-state index contributed by atoms with van der Waals surface area (Å²) in [4.78, 5) is 7.68. The number of hydrogen-bond donors (Lipinski definition) is 0. The van der Waals surface area contributed by atoms with Gasteiger partial charge in [-0.2, -0.15) is 0 Å². The Labute approximate surface area is 335 Å². The normalized spacial score (nSPS) is 14.6. The minimum Gasteiger partial charge on any atom is -0.312 e. The van der Waals surface area contributed by atoms with Crippen LogP contribution in [0.1, 0.15) is 44.7 Å². The second kappa shape index (κ2) is 17.0. The van der Waals surface area contributed by atoms with E-state index in [1.54, 1.807) is 6.08 Å². The fourth-order valence-corrected chi connectivity index (χ4v) is 9.13. The third kappa shape index (κ3) is 7.39. The maximum Gasteiger partial charge on any atom is 0.0672 e. The molecule has 276 valence electrons. The molecule has 1 aliphatic rings. The van der Waals surface area contributed by atoms with Crippen molar-refractivity contribution in [2.45, 2.75) is 40.5 Å². The Balaban J connectivity index is 1.46. The van der Waals surface area contributed by atoms with Gasteiger partial charge >= 0.3 is 0 Å². The number of hydrogen-bond acceptors (Lipinski definition) is 3. The fourth-order valence-electron chi connectivity index (χ4n) is 7.80. The topological polar surface area (TPSA) is 15.6 Å². The quantitative estimate of drug-likeness (QED) is 0.0900. The van der Waals surface area contributed by atoms with Gasteiger partial charge in [0.1, 0.15) is 0 Å². The molecule has 0 aliphatic heterocycles. The van der Waals surface area contributed by atoms with Crippen LogP contribution in [0.25, 0.3) is 47.4 Å². The second-order valence-corrected chi connectivity index (χ2v) is 15.0. The van der Waals surface area contributed by atoms with Crippen LogP contribution < -0.4 is 4.90 Å². The van der Waals surface area contributed by atoms with Crippen molar-refractivity contribution in [1.29, 1.82) is 0 Å². The van der Waals surface area contributed by atoms with Crippen molar-refractivity contribution in [3.63, 3.8) is 0 Å². The monoisotopic (exact) mass is 744 g/mol. The van der Waals surface area contributed by atoms with Crippen LogP contribution in [0.5, 0.6) is 0 Å². The highest BCUT2D eigenvalue weighted by molar-refractivity contribution is 7.26. The number of fused-ring (bicyclic) bond motifs is 7. The zero-order valence-corrected chi connectivity index (χ0v) is 33.7. The van der Waals surface area contributed by atoms with E-state index in [1.165, 1.54) is 64.2 Å². The Morgan fingerprint density at radius 3 is 2.21 bits per heavy atom. The third-order valence-corrected chi connectivity index (χ3v) is 11.7. The van der Waals surface area contributed by atoms with Crippen molar-refractivity contribution in [3.8, 4) is 0 Å². The smallest absolute Gasteiger partial charge is 0.0672 e. The third-order valence-electron chi connectivity index (χ3n) is 10.5. The minimum atomic E-state index is 0.737. The average Bonchev–Trinajstić information content (AvgIpc) is 3.63. The van der Waals surface area contributed by atoms with Crippen LogP contribution in [0, 0.1) is 6.92 Å². The van der Waals surface area contributed by atoms with Gasteiger partial charge in [-0.1, -0.05) is 147 Å². The number of thiophene rings is 1. The molecule has 1 heterocycles. The van der Waals surface area contributed by atoms with E-state index in [-0.39, 0.29) is 0 Å². The molecule has 3 heteroatoms. The van der Waals surface area contributed by atoms with Gasteiger partial charge in [-0.05, 0) is 120 Å². The molecular formula is C53H48N2S. The summed E-state index contributed by atoms with van der Waals surface area (Å²) in [6, 6.07) is 32.4. The van der Waals surface area contributed by atoms with Crippen molar-refractivity contribution in [2.75, 3.05) is 4.90 Å². The number of allylic oxidation sites excluding steroid dienone is 15. The first kappa shape index (κ1) is 38.0. The average molecular weight is 745 g/mol. The zero-order valence-electron chi connectivity index (χ0n) is 32.8. The molecule has 0 bridgehead atoms. The summed E-state index contributed by atoms with van der Waals surface area (Å²) in [5, 5.41) is 7.73. The van der Waals surface area contributed by atoms with E-state index in [4.69, 9.17) is 4.99 Å². The van der Waals surface area contributed by atoms with Gasteiger partial charge in [-0.15, -0.1) is 11.3 Å². The molecule has 0 saturated heterocycles. The Kier molecular flexibility index (Phi) is 11.6. The fraction of sp³-hybridized carbons (Fsp3) is 0.113. The lowest BCUT2D eigenvalue weighted by Gasteiger charge is -2.33. The molecule has 0 unspecified atom stereocenters. The van der Waals surface area contributed by atoms with E-state index in [2.05, 4.69) is 174 Å². The molecule has 0 atom stereocenters. The Morgan fingerprint density at radius 2 is 1.52 bits per heavy atom. The van der Waals surface area contributed by atoms with Gasteiger partial charge in [0.25, 0.3) is 0 Å². The highest BCUT2D eigenvalue weighted by Crippen LogP contribution is 2.50. The molecule has 7 rings (SSSR count). The Hall–Kier alpha value is -6.29. The van der Waals surface area contributed by atoms with E-state index in [9.17, 15) is 0 Å². The molecular weight excluding hydrogens is 697 g/mol. The van der Waals surface area contributed by atoms with Crippen molar-refractivity contribution >= 4 is 70.2 Å². The standard InChI is InChI=1S/C53H48N2S/c1-8-12-22-39(11-4)36(5)35-48(54-38(7)40-23-14-13-15-24-40)42-29-32-44(33-30-42)55(43(20-9-2)21-10-3)52-37(6)45-26-18-19-28-47(45)51-50-46-27-17-16-25-41(46)31-34-49(50)56-53(51)52/h8-29,31-32,34-35H,1-2,7,30,33H2,3-6H3/b21-10-,22-12-,36-35+,39-11+,43-20+,54-48?. The molecule has 6 aromatic rings. The molecule has 0 fully saturated rings. The van der Waals surface area contributed by atoms with Crippen LogP contribution >= 0.6 is 11.3 Å². The Morgan fingerprint density at radius 1 is 0.786 bits per heavy atom. The van der Waals surface area contributed by atoms with Crippen molar-refractivity contribution in [2.24, 2.45) is 4.99 Å². The number of aliphatic imine (C=N–C) groups is 1. The lowest BCUT2D eigenvalue weighted by molar-refractivity contribution is 0.886. The van der Waals surface area contributed by atoms with Gasteiger partial charge < -0.3 is 4.90 Å². The molecule has 2 nitrogen and oxygen atoms in total. The highest BCUT2D eigenvalue weighted by atomic mass is 32.1. The lowest BCUT2D eigenvalue weighted by atomic mass is 9.92. The maximum atomic E-state index is 5.20. The summed E-state index contributed by atoms with van der Waals surface area (Å²) in [6.45, 7) is 21.0. The lowest BCUT2D eigenvalue weighted by Crippen LogP contribution is -2.24. The molecule has 0 radical (unpaired) electrons. The SMILES string of the molecule is C=C\C=C/C(=C\C)C(/C)=C/C(=NC(=C)c1ccccc1)C1=CC=C(N(C(/C=C\C)=C/C=C)c2c(C)c3ccccc3c3c2sc2ccc4ccccc4c23)CC1. The van der Waals surface area contributed by atoms with Crippen molar-refractivity contribution in [3.05, 3.63) is 217 Å². The van der Waals surface area contributed by atoms with Gasteiger partial charge in [0.2, 0.25) is 0 Å². The van der Waals surface area contributed by atoms with Crippen molar-refractivity contribution in [1.82, 2.24) is 0 Å². The number of anilines is 1. The molecule has 1 aromatic heterocycles. The molecule has 56 heavy (non-hydrogen) atoms. The van der Waals surface area contributed by atoms with Gasteiger partial charge in [-0.3, -0.25) is 0 Å². The summed E-state index contributed by atoms with van der Waals surface area (Å²) >= 11 is 1.89. The summed E-state index contributed by atoms with van der Waals surface area (Å²) in [5.41, 5.74) is 10.8. The van der Waals surface area contributed by atoms with Crippen LogP contribution in [-0.2, 0) is 0 Å². The second-order valence-electron chi connectivity index (χ2n) is 14.0. The number of nitrogens with zero attached hydrogens (tertiary/aromatic N) is 2. The molecule has 0 N–H and O–H groups in total. The molecule has 0 amide bonds. The van der Waals surface area contributed by atoms with Gasteiger partial charge in [0.15, 0.2) is 0 Å². The summed E-state index contributed by atoms with van der Waals surface area (Å²) < 4.78 is 2.58. The molecule has 0 spiro atoms. The summed E-state index contributed by atoms with van der Waals surface area (Å²) in [6.07, 6.45) is 24.7. The van der Waals surface area contributed by atoms with Crippen LogP contribution in [0.3, 0.4) is 0 Å². The number of rotatable bonds is 12. The molecule has 5 aromatic carbocycles. The number of aryl methyl sites for hydroxylation is 1. The van der Waals surface area contributed by atoms with E-state index in [1.807, 2.05) is 41.7 Å².